The third-order valence-corrected chi connectivity index (χ3v) is 3.20. The Hall–Kier alpha value is -2.37. The number of amides is 3. The van der Waals surface area contributed by atoms with E-state index in [0.717, 1.165) is 6.42 Å². The molecule has 0 radical (unpaired) electrons. The summed E-state index contributed by atoms with van der Waals surface area (Å²) in [7, 11) is 0. The minimum atomic E-state index is -0.232. The summed E-state index contributed by atoms with van der Waals surface area (Å²) in [5.41, 5.74) is 1.16. The molecule has 126 valence electrons. The highest BCUT2D eigenvalue weighted by atomic mass is 16.2. The lowest BCUT2D eigenvalue weighted by molar-refractivity contribution is -0.123. The maximum Gasteiger partial charge on any atom is 0.240 e. The van der Waals surface area contributed by atoms with Crippen molar-refractivity contribution in [3.63, 3.8) is 0 Å². The van der Waals surface area contributed by atoms with Crippen LogP contribution < -0.4 is 15.5 Å². The topological polar surface area (TPSA) is 78.5 Å². The van der Waals surface area contributed by atoms with Crippen molar-refractivity contribution in [3.8, 4) is 0 Å². The second-order valence-electron chi connectivity index (χ2n) is 5.87. The highest BCUT2D eigenvalue weighted by Gasteiger charge is 2.16. The zero-order valence-electron chi connectivity index (χ0n) is 14.2. The van der Waals surface area contributed by atoms with Crippen LogP contribution >= 0.6 is 0 Å². The van der Waals surface area contributed by atoms with Gasteiger partial charge in [-0.2, -0.15) is 0 Å². The summed E-state index contributed by atoms with van der Waals surface area (Å²) in [6, 6.07) is 6.86. The lowest BCUT2D eigenvalue weighted by Gasteiger charge is -2.21. The first-order chi connectivity index (χ1) is 10.8. The number of carbonyl (C=O) groups is 3. The molecule has 3 amide bonds. The van der Waals surface area contributed by atoms with Crippen LogP contribution in [0.3, 0.4) is 0 Å². The van der Waals surface area contributed by atoms with Gasteiger partial charge < -0.3 is 15.5 Å². The standard InChI is InChI=1S/C17H25N3O3/c1-12(2)8-9-18-17(23)11-20(14(4)22)16-7-5-6-15(10-16)19-13(3)21/h5-7,10,12H,8-9,11H2,1-4H3,(H,18,23)(H,19,21). The van der Waals surface area contributed by atoms with Crippen LogP contribution in [-0.2, 0) is 14.4 Å². The molecule has 0 fully saturated rings. The minimum absolute atomic E-state index is 0.0447. The first kappa shape index (κ1) is 18.7. The van der Waals surface area contributed by atoms with Gasteiger partial charge in [0.1, 0.15) is 6.54 Å². The molecule has 0 saturated heterocycles. The van der Waals surface area contributed by atoms with Crippen LogP contribution in [0.4, 0.5) is 11.4 Å². The van der Waals surface area contributed by atoms with Crippen molar-refractivity contribution in [1.82, 2.24) is 5.32 Å². The summed E-state index contributed by atoms with van der Waals surface area (Å²) in [6.45, 7) is 7.54. The summed E-state index contributed by atoms with van der Waals surface area (Å²) in [5.74, 6) is -0.119. The van der Waals surface area contributed by atoms with Crippen LogP contribution in [0, 0.1) is 5.92 Å². The Balaban J connectivity index is 2.76. The molecule has 1 aromatic carbocycles. The molecule has 1 aromatic rings. The van der Waals surface area contributed by atoms with Gasteiger partial charge >= 0.3 is 0 Å². The smallest absolute Gasteiger partial charge is 0.240 e. The molecule has 0 aromatic heterocycles. The molecule has 0 aliphatic carbocycles. The van der Waals surface area contributed by atoms with Crippen LogP contribution in [0.2, 0.25) is 0 Å². The van der Waals surface area contributed by atoms with Gasteiger partial charge in [0, 0.05) is 31.8 Å². The zero-order valence-corrected chi connectivity index (χ0v) is 14.2. The average molecular weight is 319 g/mol. The molecule has 0 unspecified atom stereocenters. The van der Waals surface area contributed by atoms with Crippen LogP contribution in [0.5, 0.6) is 0 Å². The Morgan fingerprint density at radius 1 is 1.17 bits per heavy atom. The molecular weight excluding hydrogens is 294 g/mol. The number of benzene rings is 1. The lowest BCUT2D eigenvalue weighted by atomic mass is 10.1. The van der Waals surface area contributed by atoms with E-state index < -0.39 is 0 Å². The predicted octanol–water partition coefficient (Wildman–Crippen LogP) is 2.16. The van der Waals surface area contributed by atoms with E-state index in [1.165, 1.54) is 18.7 Å². The van der Waals surface area contributed by atoms with E-state index in [0.29, 0.717) is 23.8 Å². The van der Waals surface area contributed by atoms with E-state index in [9.17, 15) is 14.4 Å². The van der Waals surface area contributed by atoms with E-state index in [1.54, 1.807) is 24.3 Å². The second-order valence-corrected chi connectivity index (χ2v) is 5.87. The SMILES string of the molecule is CC(=O)Nc1cccc(N(CC(=O)NCCC(C)C)C(C)=O)c1. The fraction of sp³-hybridized carbons (Fsp3) is 0.471. The molecule has 0 aliphatic heterocycles. The van der Waals surface area contributed by atoms with Crippen molar-refractivity contribution in [1.29, 1.82) is 0 Å². The van der Waals surface area contributed by atoms with Crippen molar-refractivity contribution in [2.75, 3.05) is 23.3 Å². The van der Waals surface area contributed by atoms with Crippen molar-refractivity contribution < 1.29 is 14.4 Å². The Morgan fingerprint density at radius 3 is 2.43 bits per heavy atom. The van der Waals surface area contributed by atoms with E-state index in [4.69, 9.17) is 0 Å². The molecule has 1 rings (SSSR count). The summed E-state index contributed by atoms with van der Waals surface area (Å²) >= 11 is 0. The third kappa shape index (κ3) is 6.95. The predicted molar refractivity (Wildman–Crippen MR) is 91.2 cm³/mol. The minimum Gasteiger partial charge on any atom is -0.355 e. The molecular formula is C17H25N3O3. The van der Waals surface area contributed by atoms with Crippen molar-refractivity contribution in [3.05, 3.63) is 24.3 Å². The molecule has 6 heteroatoms. The zero-order chi connectivity index (χ0) is 17.4. The number of nitrogens with one attached hydrogen (secondary N) is 2. The molecule has 0 atom stereocenters. The van der Waals surface area contributed by atoms with E-state index >= 15 is 0 Å². The third-order valence-electron chi connectivity index (χ3n) is 3.20. The van der Waals surface area contributed by atoms with Crippen LogP contribution in [0.25, 0.3) is 0 Å². The monoisotopic (exact) mass is 319 g/mol. The van der Waals surface area contributed by atoms with Gasteiger partial charge in [-0.25, -0.2) is 0 Å². The summed E-state index contributed by atoms with van der Waals surface area (Å²) in [5, 5.41) is 5.47. The van der Waals surface area contributed by atoms with Gasteiger partial charge in [0.2, 0.25) is 17.7 Å². The molecule has 0 bridgehead atoms. The van der Waals surface area contributed by atoms with Gasteiger partial charge in [0.25, 0.3) is 0 Å². The Kier molecular flexibility index (Phi) is 7.25. The van der Waals surface area contributed by atoms with Gasteiger partial charge in [0.15, 0.2) is 0 Å². The van der Waals surface area contributed by atoms with Gasteiger partial charge in [-0.3, -0.25) is 14.4 Å². The van der Waals surface area contributed by atoms with Crippen LogP contribution in [0.1, 0.15) is 34.1 Å². The van der Waals surface area contributed by atoms with Crippen molar-refractivity contribution >= 4 is 29.1 Å². The number of hydrogen-bond acceptors (Lipinski definition) is 3. The maximum absolute atomic E-state index is 12.0. The lowest BCUT2D eigenvalue weighted by Crippen LogP contribution is -2.40. The van der Waals surface area contributed by atoms with E-state index in [2.05, 4.69) is 24.5 Å². The summed E-state index contributed by atoms with van der Waals surface area (Å²) < 4.78 is 0. The van der Waals surface area contributed by atoms with E-state index in [1.807, 2.05) is 0 Å². The summed E-state index contributed by atoms with van der Waals surface area (Å²) in [4.78, 5) is 36.4. The van der Waals surface area contributed by atoms with E-state index in [-0.39, 0.29) is 24.3 Å². The number of hydrogen-bond donors (Lipinski definition) is 2. The Morgan fingerprint density at radius 2 is 1.87 bits per heavy atom. The normalized spacial score (nSPS) is 10.3. The van der Waals surface area contributed by atoms with Gasteiger partial charge in [-0.1, -0.05) is 19.9 Å². The molecule has 2 N–H and O–H groups in total. The molecule has 6 nitrogen and oxygen atoms in total. The molecule has 23 heavy (non-hydrogen) atoms. The van der Waals surface area contributed by atoms with Crippen molar-refractivity contribution in [2.24, 2.45) is 5.92 Å². The molecule has 0 spiro atoms. The highest BCUT2D eigenvalue weighted by Crippen LogP contribution is 2.19. The maximum atomic E-state index is 12.0. The number of carbonyl (C=O) groups excluding carboxylic acids is 3. The van der Waals surface area contributed by atoms with Gasteiger partial charge in [-0.05, 0) is 30.5 Å². The first-order valence-corrected chi connectivity index (χ1v) is 7.72. The number of anilines is 2. The van der Waals surface area contributed by atoms with Crippen LogP contribution in [0.15, 0.2) is 24.3 Å². The Labute approximate surface area is 137 Å². The highest BCUT2D eigenvalue weighted by molar-refractivity contribution is 5.98. The van der Waals surface area contributed by atoms with Crippen molar-refractivity contribution in [2.45, 2.75) is 34.1 Å². The largest absolute Gasteiger partial charge is 0.355 e. The first-order valence-electron chi connectivity index (χ1n) is 7.72. The van der Waals surface area contributed by atoms with Crippen LogP contribution in [-0.4, -0.2) is 30.8 Å². The fourth-order valence-electron chi connectivity index (χ4n) is 2.04. The number of rotatable bonds is 7. The number of nitrogens with zero attached hydrogens (tertiary/aromatic N) is 1. The molecule has 0 aliphatic rings. The Bertz CT molecular complexity index is 570. The molecule has 0 heterocycles. The quantitative estimate of drug-likeness (QED) is 0.808. The fourth-order valence-corrected chi connectivity index (χ4v) is 2.04. The van der Waals surface area contributed by atoms with Gasteiger partial charge in [0.05, 0.1) is 0 Å². The van der Waals surface area contributed by atoms with Gasteiger partial charge in [-0.15, -0.1) is 0 Å². The second kappa shape index (κ2) is 8.92. The average Bonchev–Trinajstić information content (AvgIpc) is 2.43. The summed E-state index contributed by atoms with van der Waals surface area (Å²) in [6.07, 6.45) is 0.893. The molecule has 0 saturated carbocycles.